The molecule has 3 aromatic rings. The lowest BCUT2D eigenvalue weighted by molar-refractivity contribution is 1.31. The molecule has 0 unspecified atom stereocenters. The predicted molar refractivity (Wildman–Crippen MR) is 96.9 cm³/mol. The highest BCUT2D eigenvalue weighted by molar-refractivity contribution is 7.13. The van der Waals surface area contributed by atoms with Gasteiger partial charge in [-0.2, -0.15) is 5.26 Å². The Morgan fingerprint density at radius 3 is 2.57 bits per heavy atom. The van der Waals surface area contributed by atoms with Crippen molar-refractivity contribution in [3.8, 4) is 27.8 Å². The van der Waals surface area contributed by atoms with Gasteiger partial charge in [0.25, 0.3) is 0 Å². The number of aromatic nitrogens is 1. The fraction of sp³-hybridized carbons (Fsp3) is 0.0588. The monoisotopic (exact) mass is 359 g/mol. The molecule has 2 heterocycles. The number of hydrogen-bond acceptors (Lipinski definition) is 4. The number of pyridine rings is 1. The number of aryl methyl sites for hydroxylation is 1. The van der Waals surface area contributed by atoms with Gasteiger partial charge in [-0.1, -0.05) is 29.3 Å². The van der Waals surface area contributed by atoms with Gasteiger partial charge in [0.05, 0.1) is 15.7 Å². The summed E-state index contributed by atoms with van der Waals surface area (Å²) < 4.78 is 0. The molecule has 0 atom stereocenters. The second kappa shape index (κ2) is 6.21. The number of benzene rings is 1. The molecule has 0 fully saturated rings. The number of anilines is 1. The van der Waals surface area contributed by atoms with E-state index in [2.05, 4.69) is 11.1 Å². The van der Waals surface area contributed by atoms with Crippen molar-refractivity contribution < 1.29 is 0 Å². The Hall–Kier alpha value is -2.06. The molecule has 0 spiro atoms. The Bertz CT molecular complexity index is 941. The first-order valence-corrected chi connectivity index (χ1v) is 8.35. The minimum Gasteiger partial charge on any atom is -0.383 e. The molecular weight excluding hydrogens is 349 g/mol. The number of nitrogen functional groups attached to an aromatic ring is 1. The standard InChI is InChI=1S/C17H11Cl2N3S/c1-9-4-5-23-16(9)11-7-15(22-17(21)12(11)8-20)10-2-3-13(18)14(19)6-10/h2-7H,1H3,(H2,21,22). The minimum absolute atomic E-state index is 0.207. The Morgan fingerprint density at radius 2 is 1.96 bits per heavy atom. The summed E-state index contributed by atoms with van der Waals surface area (Å²) in [5, 5.41) is 12.3. The first kappa shape index (κ1) is 15.8. The Morgan fingerprint density at radius 1 is 1.17 bits per heavy atom. The van der Waals surface area contributed by atoms with Gasteiger partial charge >= 0.3 is 0 Å². The molecule has 0 aliphatic carbocycles. The summed E-state index contributed by atoms with van der Waals surface area (Å²) in [5.41, 5.74) is 9.73. The van der Waals surface area contributed by atoms with E-state index in [9.17, 15) is 5.26 Å². The van der Waals surface area contributed by atoms with E-state index in [1.807, 2.05) is 30.5 Å². The number of nitrogens with two attached hydrogens (primary N) is 1. The van der Waals surface area contributed by atoms with E-state index in [1.54, 1.807) is 23.5 Å². The molecule has 3 nitrogen and oxygen atoms in total. The maximum Gasteiger partial charge on any atom is 0.142 e. The summed E-state index contributed by atoms with van der Waals surface area (Å²) in [6.07, 6.45) is 0. The first-order chi connectivity index (χ1) is 11.0. The van der Waals surface area contributed by atoms with Gasteiger partial charge in [0.1, 0.15) is 17.5 Å². The highest BCUT2D eigenvalue weighted by Crippen LogP contribution is 2.37. The Balaban J connectivity index is 2.25. The normalized spacial score (nSPS) is 10.5. The van der Waals surface area contributed by atoms with Gasteiger partial charge in [0.15, 0.2) is 0 Å². The highest BCUT2D eigenvalue weighted by atomic mass is 35.5. The van der Waals surface area contributed by atoms with E-state index in [1.165, 1.54) is 0 Å². The fourth-order valence-electron chi connectivity index (χ4n) is 2.31. The van der Waals surface area contributed by atoms with Gasteiger partial charge in [-0.25, -0.2) is 4.98 Å². The van der Waals surface area contributed by atoms with Crippen LogP contribution in [-0.4, -0.2) is 4.98 Å². The highest BCUT2D eigenvalue weighted by Gasteiger charge is 2.16. The van der Waals surface area contributed by atoms with E-state index in [4.69, 9.17) is 28.9 Å². The molecule has 23 heavy (non-hydrogen) atoms. The largest absolute Gasteiger partial charge is 0.383 e. The topological polar surface area (TPSA) is 62.7 Å². The molecule has 0 radical (unpaired) electrons. The third kappa shape index (κ3) is 2.91. The third-order valence-corrected chi connectivity index (χ3v) is 5.27. The molecule has 0 aliphatic heterocycles. The van der Waals surface area contributed by atoms with Gasteiger partial charge < -0.3 is 5.73 Å². The van der Waals surface area contributed by atoms with Crippen LogP contribution in [0.1, 0.15) is 11.1 Å². The maximum atomic E-state index is 9.43. The van der Waals surface area contributed by atoms with Crippen LogP contribution in [0, 0.1) is 18.3 Å². The summed E-state index contributed by atoms with van der Waals surface area (Å²) in [7, 11) is 0. The number of halogens is 2. The first-order valence-electron chi connectivity index (χ1n) is 6.71. The number of nitriles is 1. The van der Waals surface area contributed by atoms with E-state index < -0.39 is 0 Å². The molecule has 3 rings (SSSR count). The van der Waals surface area contributed by atoms with Gasteiger partial charge in [-0.15, -0.1) is 11.3 Å². The number of hydrogen-bond donors (Lipinski definition) is 1. The second-order valence-electron chi connectivity index (χ2n) is 4.99. The summed E-state index contributed by atoms with van der Waals surface area (Å²) in [5.74, 6) is 0.207. The van der Waals surface area contributed by atoms with Crippen molar-refractivity contribution in [1.29, 1.82) is 5.26 Å². The van der Waals surface area contributed by atoms with Crippen LogP contribution < -0.4 is 5.73 Å². The molecule has 0 bridgehead atoms. The zero-order valence-electron chi connectivity index (χ0n) is 12.1. The third-order valence-electron chi connectivity index (χ3n) is 3.48. The van der Waals surface area contributed by atoms with Crippen molar-refractivity contribution in [3.05, 3.63) is 56.9 Å². The molecule has 114 valence electrons. The van der Waals surface area contributed by atoms with E-state index >= 15 is 0 Å². The smallest absolute Gasteiger partial charge is 0.142 e. The summed E-state index contributed by atoms with van der Waals surface area (Å²) in [6.45, 7) is 2.00. The van der Waals surface area contributed by atoms with Crippen molar-refractivity contribution >= 4 is 40.4 Å². The average molecular weight is 360 g/mol. The van der Waals surface area contributed by atoms with Crippen LogP contribution in [0.25, 0.3) is 21.7 Å². The Labute approximate surface area is 147 Å². The van der Waals surface area contributed by atoms with Crippen molar-refractivity contribution in [2.45, 2.75) is 6.92 Å². The molecular formula is C17H11Cl2N3S. The molecule has 0 amide bonds. The average Bonchev–Trinajstić information content (AvgIpc) is 2.95. The van der Waals surface area contributed by atoms with Gasteiger partial charge in [0.2, 0.25) is 0 Å². The molecule has 2 aromatic heterocycles. The van der Waals surface area contributed by atoms with Crippen molar-refractivity contribution in [2.75, 3.05) is 5.73 Å². The molecule has 2 N–H and O–H groups in total. The lowest BCUT2D eigenvalue weighted by Gasteiger charge is -2.10. The zero-order chi connectivity index (χ0) is 16.6. The van der Waals surface area contributed by atoms with Crippen LogP contribution in [-0.2, 0) is 0 Å². The lowest BCUT2D eigenvalue weighted by Crippen LogP contribution is -1.99. The molecule has 0 aliphatic rings. The van der Waals surface area contributed by atoms with Crippen molar-refractivity contribution in [3.63, 3.8) is 0 Å². The predicted octanol–water partition coefficient (Wildman–Crippen LogP) is 5.55. The van der Waals surface area contributed by atoms with E-state index in [0.717, 1.165) is 21.6 Å². The van der Waals surface area contributed by atoms with Crippen LogP contribution in [0.2, 0.25) is 10.0 Å². The summed E-state index contributed by atoms with van der Waals surface area (Å²) >= 11 is 13.6. The maximum absolute atomic E-state index is 9.43. The van der Waals surface area contributed by atoms with Crippen LogP contribution in [0.4, 0.5) is 5.82 Å². The van der Waals surface area contributed by atoms with Gasteiger partial charge in [-0.05, 0) is 42.1 Å². The Kier molecular flexibility index (Phi) is 4.27. The SMILES string of the molecule is Cc1ccsc1-c1cc(-c2ccc(Cl)c(Cl)c2)nc(N)c1C#N. The van der Waals surface area contributed by atoms with E-state index in [-0.39, 0.29) is 5.82 Å². The van der Waals surface area contributed by atoms with Crippen LogP contribution in [0.3, 0.4) is 0 Å². The van der Waals surface area contributed by atoms with Crippen molar-refractivity contribution in [1.82, 2.24) is 4.98 Å². The second-order valence-corrected chi connectivity index (χ2v) is 6.72. The van der Waals surface area contributed by atoms with Crippen molar-refractivity contribution in [2.24, 2.45) is 0 Å². The lowest BCUT2D eigenvalue weighted by atomic mass is 10.0. The molecule has 1 aromatic carbocycles. The van der Waals surface area contributed by atoms with Gasteiger partial charge in [0, 0.05) is 16.0 Å². The quantitative estimate of drug-likeness (QED) is 0.652. The minimum atomic E-state index is 0.207. The molecule has 0 saturated carbocycles. The van der Waals surface area contributed by atoms with Crippen LogP contribution in [0.15, 0.2) is 35.7 Å². The summed E-state index contributed by atoms with van der Waals surface area (Å²) in [6, 6.07) is 11.3. The van der Waals surface area contributed by atoms with E-state index in [0.29, 0.717) is 21.3 Å². The number of thiophene rings is 1. The number of nitrogens with zero attached hydrogens (tertiary/aromatic N) is 2. The molecule has 0 saturated heterocycles. The summed E-state index contributed by atoms with van der Waals surface area (Å²) in [4.78, 5) is 5.35. The molecule has 6 heteroatoms. The number of rotatable bonds is 2. The zero-order valence-corrected chi connectivity index (χ0v) is 14.4. The van der Waals surface area contributed by atoms with Crippen LogP contribution in [0.5, 0.6) is 0 Å². The fourth-order valence-corrected chi connectivity index (χ4v) is 3.56. The van der Waals surface area contributed by atoms with Gasteiger partial charge in [-0.3, -0.25) is 0 Å². The van der Waals surface area contributed by atoms with Crippen LogP contribution >= 0.6 is 34.5 Å².